The average Bonchev–Trinajstić information content (AvgIpc) is 3.55. The number of nitrogens with one attached hydrogen (secondary N) is 2. The van der Waals surface area contributed by atoms with Gasteiger partial charge in [-0.05, 0) is 80.1 Å². The van der Waals surface area contributed by atoms with E-state index in [0.717, 1.165) is 34.9 Å². The molecule has 3 aromatic rings. The minimum absolute atomic E-state index is 0.00672. The number of carbonyl (C=O) groups excluding carboxylic acids is 2. The summed E-state index contributed by atoms with van der Waals surface area (Å²) in [7, 11) is 0. The van der Waals surface area contributed by atoms with Gasteiger partial charge in [0.1, 0.15) is 11.5 Å². The molecule has 3 heterocycles. The van der Waals surface area contributed by atoms with Gasteiger partial charge in [-0.15, -0.1) is 0 Å². The molecule has 0 saturated carbocycles. The molecule has 0 aromatic carbocycles. The highest BCUT2D eigenvalue weighted by Gasteiger charge is 2.34. The molecule has 0 bridgehead atoms. The lowest BCUT2D eigenvalue weighted by Crippen LogP contribution is -2.22. The molecule has 2 unspecified atom stereocenters. The van der Waals surface area contributed by atoms with Gasteiger partial charge in [-0.3, -0.25) is 4.79 Å². The number of imidazole rings is 1. The van der Waals surface area contributed by atoms with Gasteiger partial charge >= 0.3 is 5.97 Å². The van der Waals surface area contributed by atoms with E-state index in [2.05, 4.69) is 28.0 Å². The first kappa shape index (κ1) is 24.2. The van der Waals surface area contributed by atoms with E-state index in [1.165, 1.54) is 11.8 Å². The van der Waals surface area contributed by atoms with Crippen LogP contribution in [-0.2, 0) is 16.0 Å². The predicted octanol–water partition coefficient (Wildman–Crippen LogP) is 5.27. The maximum absolute atomic E-state index is 13.1. The first-order valence-electron chi connectivity index (χ1n) is 12.3. The minimum atomic E-state index is -0.528. The van der Waals surface area contributed by atoms with E-state index in [0.29, 0.717) is 52.1 Å². The van der Waals surface area contributed by atoms with Crippen LogP contribution in [0.1, 0.15) is 77.8 Å². The SMILES string of the molecule is CCOC(=O)c1[nH]cc(C(C2=C(N)CCCC2=O)c2ccc(Sc3nc4c([nH]3)CC(C)C=C4)o2)c1C. The van der Waals surface area contributed by atoms with Crippen LogP contribution in [0.4, 0.5) is 0 Å². The molecule has 0 fully saturated rings. The molecule has 0 radical (unpaired) electrons. The van der Waals surface area contributed by atoms with E-state index in [-0.39, 0.29) is 12.4 Å². The number of aromatic amines is 2. The van der Waals surface area contributed by atoms with Crippen LogP contribution in [0.5, 0.6) is 0 Å². The first-order valence-corrected chi connectivity index (χ1v) is 13.1. The van der Waals surface area contributed by atoms with Crippen molar-refractivity contribution < 1.29 is 18.7 Å². The van der Waals surface area contributed by atoms with Crippen molar-refractivity contribution in [1.29, 1.82) is 0 Å². The molecule has 0 aliphatic heterocycles. The fraction of sp³-hybridized carbons (Fsp3) is 0.370. The third kappa shape index (κ3) is 4.55. The average molecular weight is 507 g/mol. The fourth-order valence-corrected chi connectivity index (χ4v) is 5.72. The highest BCUT2D eigenvalue weighted by atomic mass is 32.2. The summed E-state index contributed by atoms with van der Waals surface area (Å²) in [4.78, 5) is 36.6. The zero-order chi connectivity index (χ0) is 25.4. The lowest BCUT2D eigenvalue weighted by atomic mass is 9.80. The second-order valence-electron chi connectivity index (χ2n) is 9.32. The van der Waals surface area contributed by atoms with Gasteiger partial charge in [0.05, 0.1) is 18.2 Å². The van der Waals surface area contributed by atoms with E-state index in [1.54, 1.807) is 13.1 Å². The molecule has 0 saturated heterocycles. The molecule has 2 atom stereocenters. The third-order valence-electron chi connectivity index (χ3n) is 6.74. The van der Waals surface area contributed by atoms with Gasteiger partial charge in [-0.25, -0.2) is 9.78 Å². The van der Waals surface area contributed by atoms with Gasteiger partial charge in [0.15, 0.2) is 16.0 Å². The number of carbonyl (C=O) groups is 2. The predicted molar refractivity (Wildman–Crippen MR) is 137 cm³/mol. The molecule has 3 aromatic heterocycles. The van der Waals surface area contributed by atoms with Crippen molar-refractivity contribution in [2.75, 3.05) is 6.61 Å². The normalized spacial score (nSPS) is 18.4. The zero-order valence-corrected chi connectivity index (χ0v) is 21.5. The quantitative estimate of drug-likeness (QED) is 0.373. The number of H-pyrrole nitrogens is 2. The molecule has 188 valence electrons. The smallest absolute Gasteiger partial charge is 0.355 e. The van der Waals surface area contributed by atoms with Crippen LogP contribution in [-0.4, -0.2) is 33.3 Å². The van der Waals surface area contributed by atoms with Crippen molar-refractivity contribution in [3.05, 3.63) is 69.6 Å². The molecule has 2 aliphatic rings. The summed E-state index contributed by atoms with van der Waals surface area (Å²) in [5.74, 6) is 0.112. The summed E-state index contributed by atoms with van der Waals surface area (Å²) in [5, 5.41) is 1.41. The second-order valence-corrected chi connectivity index (χ2v) is 10.3. The number of hydrogen-bond acceptors (Lipinski definition) is 7. The summed E-state index contributed by atoms with van der Waals surface area (Å²) < 4.78 is 11.5. The van der Waals surface area contributed by atoms with Crippen molar-refractivity contribution in [1.82, 2.24) is 15.0 Å². The van der Waals surface area contributed by atoms with Gasteiger partial charge in [-0.2, -0.15) is 0 Å². The van der Waals surface area contributed by atoms with E-state index < -0.39 is 11.9 Å². The summed E-state index contributed by atoms with van der Waals surface area (Å²) in [6, 6.07) is 3.75. The molecule has 5 rings (SSSR count). The van der Waals surface area contributed by atoms with Crippen LogP contribution in [0.15, 0.2) is 50.3 Å². The van der Waals surface area contributed by atoms with Crippen LogP contribution in [0.2, 0.25) is 0 Å². The summed E-state index contributed by atoms with van der Waals surface area (Å²) in [6.45, 7) is 6.06. The highest BCUT2D eigenvalue weighted by Crippen LogP contribution is 2.41. The van der Waals surface area contributed by atoms with Crippen molar-refractivity contribution >= 4 is 29.6 Å². The number of esters is 1. The maximum Gasteiger partial charge on any atom is 0.355 e. The summed E-state index contributed by atoms with van der Waals surface area (Å²) in [6.07, 6.45) is 8.71. The van der Waals surface area contributed by atoms with E-state index in [1.807, 2.05) is 25.1 Å². The number of fused-ring (bicyclic) bond motifs is 1. The van der Waals surface area contributed by atoms with E-state index in [9.17, 15) is 9.59 Å². The number of hydrogen-bond donors (Lipinski definition) is 3. The third-order valence-corrected chi connectivity index (χ3v) is 7.54. The molecule has 2 aliphatic carbocycles. The Morgan fingerprint density at radius 2 is 2.19 bits per heavy atom. The fourth-order valence-electron chi connectivity index (χ4n) is 4.94. The summed E-state index contributed by atoms with van der Waals surface area (Å²) >= 11 is 1.40. The summed E-state index contributed by atoms with van der Waals surface area (Å²) in [5.41, 5.74) is 11.4. The number of nitrogens with zero attached hydrogens (tertiary/aromatic N) is 1. The van der Waals surface area contributed by atoms with Crippen LogP contribution in [0.25, 0.3) is 6.08 Å². The molecule has 0 spiro atoms. The van der Waals surface area contributed by atoms with Gasteiger partial charge in [0.25, 0.3) is 0 Å². The molecule has 8 nitrogen and oxygen atoms in total. The molecular weight excluding hydrogens is 476 g/mol. The van der Waals surface area contributed by atoms with Crippen LogP contribution in [0.3, 0.4) is 0 Å². The number of aromatic nitrogens is 3. The molecular formula is C27H30N4O4S. The van der Waals surface area contributed by atoms with Gasteiger partial charge in [0.2, 0.25) is 0 Å². The van der Waals surface area contributed by atoms with Crippen molar-refractivity contribution in [2.45, 2.75) is 62.6 Å². The van der Waals surface area contributed by atoms with Crippen LogP contribution >= 0.6 is 11.8 Å². The van der Waals surface area contributed by atoms with Crippen molar-refractivity contribution in [3.8, 4) is 0 Å². The molecule has 9 heteroatoms. The van der Waals surface area contributed by atoms with Crippen LogP contribution < -0.4 is 5.73 Å². The zero-order valence-electron chi connectivity index (χ0n) is 20.6. The maximum atomic E-state index is 13.1. The Morgan fingerprint density at radius 3 is 2.97 bits per heavy atom. The number of ketones is 1. The molecule has 0 amide bonds. The Hall–Kier alpha value is -3.46. The Kier molecular flexibility index (Phi) is 6.66. The number of ether oxygens (including phenoxy) is 1. The largest absolute Gasteiger partial charge is 0.461 e. The first-order chi connectivity index (χ1) is 17.4. The van der Waals surface area contributed by atoms with E-state index in [4.69, 9.17) is 14.9 Å². The Morgan fingerprint density at radius 1 is 1.36 bits per heavy atom. The topological polar surface area (TPSA) is 127 Å². The van der Waals surface area contributed by atoms with E-state index >= 15 is 0 Å². The van der Waals surface area contributed by atoms with Crippen molar-refractivity contribution in [3.63, 3.8) is 0 Å². The second kappa shape index (κ2) is 9.89. The standard InChI is InChI=1S/C27H30N4O4S/c1-4-34-26(33)25-15(3)16(13-29-25)23(24-17(28)6-5-7-20(24)32)21-10-11-22(35-21)36-27-30-18-9-8-14(2)12-19(18)31-27/h8-11,13-14,23,29H,4-7,12,28H2,1-3H3,(H,30,31). The van der Waals surface area contributed by atoms with Gasteiger partial charge in [-0.1, -0.05) is 13.0 Å². The lowest BCUT2D eigenvalue weighted by Gasteiger charge is -2.24. The lowest BCUT2D eigenvalue weighted by molar-refractivity contribution is -0.116. The Labute approximate surface area is 213 Å². The number of rotatable bonds is 7. The Balaban J connectivity index is 1.50. The molecule has 4 N–H and O–H groups in total. The number of furan rings is 1. The van der Waals surface area contributed by atoms with Crippen LogP contribution in [0, 0.1) is 12.8 Å². The Bertz CT molecular complexity index is 1380. The highest BCUT2D eigenvalue weighted by molar-refractivity contribution is 7.99. The van der Waals surface area contributed by atoms with Gasteiger partial charge < -0.3 is 24.9 Å². The number of nitrogens with two attached hydrogens (primary N) is 1. The number of Topliss-reactive ketones (excluding diaryl/α,β-unsaturated/α-hetero) is 1. The van der Waals surface area contributed by atoms with Gasteiger partial charge in [0, 0.05) is 29.6 Å². The monoisotopic (exact) mass is 506 g/mol. The van der Waals surface area contributed by atoms with Crippen molar-refractivity contribution in [2.24, 2.45) is 11.7 Å². The minimum Gasteiger partial charge on any atom is -0.461 e. The number of allylic oxidation sites excluding steroid dienone is 3. The molecule has 36 heavy (non-hydrogen) atoms.